The zero-order chi connectivity index (χ0) is 18.7. The largest absolute Gasteiger partial charge is 0.452 e. The molecule has 0 radical (unpaired) electrons. The normalized spacial score (nSPS) is 10.5. The van der Waals surface area contributed by atoms with Crippen molar-refractivity contribution < 1.29 is 19.2 Å². The third-order valence-corrected chi connectivity index (χ3v) is 3.79. The Morgan fingerprint density at radius 2 is 1.96 bits per heavy atom. The molecule has 132 valence electrons. The molecule has 8 heteroatoms. The molecule has 0 saturated carbocycles. The van der Waals surface area contributed by atoms with Gasteiger partial charge in [0.15, 0.2) is 6.61 Å². The van der Waals surface area contributed by atoms with E-state index in [2.05, 4.69) is 5.32 Å². The van der Waals surface area contributed by atoms with Crippen LogP contribution in [0.25, 0.3) is 10.9 Å². The molecular formula is C18H15N3O5. The van der Waals surface area contributed by atoms with Crippen LogP contribution in [0.2, 0.25) is 0 Å². The van der Waals surface area contributed by atoms with E-state index in [0.717, 1.165) is 10.9 Å². The van der Waals surface area contributed by atoms with Crippen LogP contribution in [0.4, 0.5) is 11.4 Å². The zero-order valence-electron chi connectivity index (χ0n) is 13.8. The summed E-state index contributed by atoms with van der Waals surface area (Å²) >= 11 is 0. The molecule has 0 atom stereocenters. The number of aryl methyl sites for hydroxylation is 1. The number of benzene rings is 2. The molecule has 3 rings (SSSR count). The summed E-state index contributed by atoms with van der Waals surface area (Å²) in [6, 6.07) is 12.9. The Morgan fingerprint density at radius 3 is 2.73 bits per heavy atom. The van der Waals surface area contributed by atoms with Crippen molar-refractivity contribution in [1.82, 2.24) is 4.57 Å². The number of nitrogens with one attached hydrogen (secondary N) is 1. The summed E-state index contributed by atoms with van der Waals surface area (Å²) in [6.07, 6.45) is 1.64. The fourth-order valence-corrected chi connectivity index (χ4v) is 2.61. The predicted molar refractivity (Wildman–Crippen MR) is 94.9 cm³/mol. The molecule has 2 aromatic carbocycles. The van der Waals surface area contributed by atoms with Crippen molar-refractivity contribution >= 4 is 34.2 Å². The highest BCUT2D eigenvalue weighted by molar-refractivity contribution is 6.05. The van der Waals surface area contributed by atoms with Gasteiger partial charge < -0.3 is 14.6 Å². The Labute approximate surface area is 148 Å². The molecule has 0 aliphatic carbocycles. The standard InChI is InChI=1S/C18H15N3O5/c1-20-10-15(14-7-2-3-8-16(14)20)18(23)26-11-17(22)19-12-5-4-6-13(9-12)21(24)25/h2-10H,11H2,1H3,(H,19,22). The number of fused-ring (bicyclic) bond motifs is 1. The minimum atomic E-state index is -0.615. The first kappa shape index (κ1) is 17.2. The van der Waals surface area contributed by atoms with E-state index in [4.69, 9.17) is 4.74 Å². The Bertz CT molecular complexity index is 1010. The SMILES string of the molecule is Cn1cc(C(=O)OCC(=O)Nc2cccc([N+](=O)[O-])c2)c2ccccc21. The van der Waals surface area contributed by atoms with Crippen LogP contribution in [-0.4, -0.2) is 28.0 Å². The minimum absolute atomic E-state index is 0.143. The Morgan fingerprint density at radius 1 is 1.19 bits per heavy atom. The van der Waals surface area contributed by atoms with Gasteiger partial charge in [-0.15, -0.1) is 0 Å². The first-order valence-electron chi connectivity index (χ1n) is 7.71. The summed E-state index contributed by atoms with van der Waals surface area (Å²) in [5.74, 6) is -1.20. The summed E-state index contributed by atoms with van der Waals surface area (Å²) in [4.78, 5) is 34.4. The molecule has 0 bridgehead atoms. The van der Waals surface area contributed by atoms with Crippen molar-refractivity contribution in [3.63, 3.8) is 0 Å². The monoisotopic (exact) mass is 353 g/mol. The van der Waals surface area contributed by atoms with E-state index >= 15 is 0 Å². The molecule has 0 spiro atoms. The second kappa shape index (κ2) is 7.06. The van der Waals surface area contributed by atoms with E-state index in [-0.39, 0.29) is 11.4 Å². The van der Waals surface area contributed by atoms with Crippen LogP contribution in [0.15, 0.2) is 54.7 Å². The third-order valence-electron chi connectivity index (χ3n) is 3.79. The van der Waals surface area contributed by atoms with E-state index in [9.17, 15) is 19.7 Å². The first-order valence-corrected chi connectivity index (χ1v) is 7.71. The van der Waals surface area contributed by atoms with Gasteiger partial charge in [0.2, 0.25) is 0 Å². The molecular weight excluding hydrogens is 338 g/mol. The summed E-state index contributed by atoms with van der Waals surface area (Å²) in [5, 5.41) is 13.9. The van der Waals surface area contributed by atoms with E-state index in [0.29, 0.717) is 5.56 Å². The van der Waals surface area contributed by atoms with Crippen LogP contribution in [0.3, 0.4) is 0 Å². The Kier molecular flexibility index (Phi) is 4.66. The Hall–Kier alpha value is -3.68. The van der Waals surface area contributed by atoms with Gasteiger partial charge in [-0.05, 0) is 12.1 Å². The highest BCUT2D eigenvalue weighted by Gasteiger charge is 2.16. The number of para-hydroxylation sites is 1. The number of aromatic nitrogens is 1. The lowest BCUT2D eigenvalue weighted by Crippen LogP contribution is -2.20. The molecule has 26 heavy (non-hydrogen) atoms. The van der Waals surface area contributed by atoms with E-state index in [1.807, 2.05) is 25.2 Å². The van der Waals surface area contributed by atoms with Crippen LogP contribution in [-0.2, 0) is 16.6 Å². The summed E-state index contributed by atoms with van der Waals surface area (Å²) in [6.45, 7) is -0.495. The van der Waals surface area contributed by atoms with Crippen LogP contribution in [0.1, 0.15) is 10.4 Å². The van der Waals surface area contributed by atoms with Gasteiger partial charge in [0.25, 0.3) is 11.6 Å². The van der Waals surface area contributed by atoms with Crippen LogP contribution >= 0.6 is 0 Å². The van der Waals surface area contributed by atoms with E-state index in [1.165, 1.54) is 24.3 Å². The molecule has 1 aromatic heterocycles. The minimum Gasteiger partial charge on any atom is -0.452 e. The molecule has 1 amide bonds. The number of nitro benzene ring substituents is 1. The van der Waals surface area contributed by atoms with Gasteiger partial charge in [0.1, 0.15) is 0 Å². The molecule has 8 nitrogen and oxygen atoms in total. The van der Waals surface area contributed by atoms with Crippen molar-refractivity contribution in [2.24, 2.45) is 7.05 Å². The molecule has 1 heterocycles. The molecule has 3 aromatic rings. The first-order chi connectivity index (χ1) is 12.5. The second-order valence-corrected chi connectivity index (χ2v) is 5.60. The van der Waals surface area contributed by atoms with Gasteiger partial charge in [0, 0.05) is 42.0 Å². The zero-order valence-corrected chi connectivity index (χ0v) is 13.8. The van der Waals surface area contributed by atoms with E-state index in [1.54, 1.807) is 16.8 Å². The lowest BCUT2D eigenvalue weighted by atomic mass is 10.2. The number of non-ortho nitro benzene ring substituents is 1. The summed E-state index contributed by atoms with van der Waals surface area (Å²) < 4.78 is 6.86. The maximum atomic E-state index is 12.3. The highest BCUT2D eigenvalue weighted by atomic mass is 16.6. The van der Waals surface area contributed by atoms with Gasteiger partial charge >= 0.3 is 5.97 Å². The molecule has 0 saturated heterocycles. The fraction of sp³-hybridized carbons (Fsp3) is 0.111. The number of ether oxygens (including phenoxy) is 1. The van der Waals surface area contributed by atoms with Gasteiger partial charge in [-0.1, -0.05) is 24.3 Å². The number of rotatable bonds is 5. The average Bonchev–Trinajstić information content (AvgIpc) is 2.97. The fourth-order valence-electron chi connectivity index (χ4n) is 2.61. The van der Waals surface area contributed by atoms with Crippen molar-refractivity contribution in [1.29, 1.82) is 0 Å². The quantitative estimate of drug-likeness (QED) is 0.431. The molecule has 0 aliphatic rings. The van der Waals surface area contributed by atoms with Crippen molar-refractivity contribution in [2.45, 2.75) is 0 Å². The number of carbonyl (C=O) groups excluding carboxylic acids is 2. The maximum absolute atomic E-state index is 12.3. The number of nitro groups is 1. The molecule has 0 aliphatic heterocycles. The van der Waals surface area contributed by atoms with Crippen LogP contribution < -0.4 is 5.32 Å². The van der Waals surface area contributed by atoms with Crippen molar-refractivity contribution in [3.05, 3.63) is 70.4 Å². The van der Waals surface area contributed by atoms with Crippen molar-refractivity contribution in [2.75, 3.05) is 11.9 Å². The van der Waals surface area contributed by atoms with Crippen LogP contribution in [0, 0.1) is 10.1 Å². The number of esters is 1. The molecule has 0 unspecified atom stereocenters. The molecule has 0 fully saturated rings. The number of nitrogens with zero attached hydrogens (tertiary/aromatic N) is 2. The van der Waals surface area contributed by atoms with Crippen LogP contribution in [0.5, 0.6) is 0 Å². The number of amides is 1. The maximum Gasteiger partial charge on any atom is 0.340 e. The third kappa shape index (κ3) is 3.54. The number of anilines is 1. The number of hydrogen-bond donors (Lipinski definition) is 1. The smallest absolute Gasteiger partial charge is 0.340 e. The second-order valence-electron chi connectivity index (χ2n) is 5.60. The Balaban J connectivity index is 1.65. The van der Waals surface area contributed by atoms with E-state index < -0.39 is 23.4 Å². The summed E-state index contributed by atoms with van der Waals surface area (Å²) in [5.41, 5.74) is 1.35. The van der Waals surface area contributed by atoms with Gasteiger partial charge in [0.05, 0.1) is 10.5 Å². The number of hydrogen-bond acceptors (Lipinski definition) is 5. The predicted octanol–water partition coefficient (Wildman–Crippen LogP) is 2.88. The molecule has 1 N–H and O–H groups in total. The van der Waals surface area contributed by atoms with Gasteiger partial charge in [-0.2, -0.15) is 0 Å². The highest BCUT2D eigenvalue weighted by Crippen LogP contribution is 2.21. The summed E-state index contributed by atoms with van der Waals surface area (Å²) in [7, 11) is 1.81. The number of carbonyl (C=O) groups is 2. The topological polar surface area (TPSA) is 103 Å². The van der Waals surface area contributed by atoms with Crippen molar-refractivity contribution in [3.8, 4) is 0 Å². The van der Waals surface area contributed by atoms with Gasteiger partial charge in [-0.3, -0.25) is 14.9 Å². The van der Waals surface area contributed by atoms with Gasteiger partial charge in [-0.25, -0.2) is 4.79 Å². The lowest BCUT2D eigenvalue weighted by Gasteiger charge is -2.06. The average molecular weight is 353 g/mol. The lowest BCUT2D eigenvalue weighted by molar-refractivity contribution is -0.384.